The Hall–Kier alpha value is -4.33. The lowest BCUT2D eigenvalue weighted by atomic mass is 9.99. The van der Waals surface area contributed by atoms with Crippen LogP contribution in [0.4, 0.5) is 8.78 Å². The van der Waals surface area contributed by atoms with E-state index >= 15 is 0 Å². The molecule has 2 N–H and O–H groups in total. The van der Waals surface area contributed by atoms with E-state index in [4.69, 9.17) is 0 Å². The second-order valence-electron chi connectivity index (χ2n) is 7.81. The van der Waals surface area contributed by atoms with Gasteiger partial charge in [-0.05, 0) is 53.4 Å². The van der Waals surface area contributed by atoms with Crippen LogP contribution in [0.1, 0.15) is 37.4 Å². The largest absolute Gasteiger partial charge is 0.506 e. The molecule has 0 fully saturated rings. The lowest BCUT2D eigenvalue weighted by Crippen LogP contribution is -2.29. The summed E-state index contributed by atoms with van der Waals surface area (Å²) in [6.07, 6.45) is 1.86. The van der Waals surface area contributed by atoms with Gasteiger partial charge in [-0.15, -0.1) is 0 Å². The van der Waals surface area contributed by atoms with Gasteiger partial charge in [0.15, 0.2) is 5.75 Å². The minimum absolute atomic E-state index is 0.0149. The Labute approximate surface area is 186 Å². The van der Waals surface area contributed by atoms with Crippen molar-refractivity contribution < 1.29 is 28.6 Å². The van der Waals surface area contributed by atoms with Crippen molar-refractivity contribution in [3.63, 3.8) is 0 Å². The number of aromatic nitrogens is 1. The Morgan fingerprint density at radius 1 is 0.758 bits per heavy atom. The molecule has 0 atom stereocenters. The molecule has 5 rings (SSSR count). The Morgan fingerprint density at radius 3 is 1.91 bits per heavy atom. The number of hydrogen-bond acceptors (Lipinski definition) is 5. The third kappa shape index (κ3) is 3.45. The number of halogens is 2. The van der Waals surface area contributed by atoms with Gasteiger partial charge in [-0.3, -0.25) is 19.5 Å². The first-order chi connectivity index (χ1) is 15.8. The van der Waals surface area contributed by atoms with Crippen molar-refractivity contribution in [3.8, 4) is 11.5 Å². The maximum atomic E-state index is 13.2. The van der Waals surface area contributed by atoms with E-state index in [1.54, 1.807) is 18.2 Å². The molecule has 3 aromatic carbocycles. The molecule has 1 aromatic heterocycles. The molecule has 164 valence electrons. The van der Waals surface area contributed by atoms with Crippen LogP contribution in [0.3, 0.4) is 0 Å². The molecule has 1 aliphatic rings. The number of carbonyl (C=O) groups excluding carboxylic acids is 2. The highest BCUT2D eigenvalue weighted by Gasteiger charge is 2.42. The average Bonchev–Trinajstić information content (AvgIpc) is 3.05. The third-order valence-electron chi connectivity index (χ3n) is 5.64. The number of amides is 2. The summed E-state index contributed by atoms with van der Waals surface area (Å²) in [7, 11) is 0. The van der Waals surface area contributed by atoms with Crippen molar-refractivity contribution in [3.05, 3.63) is 100 Å². The topological polar surface area (TPSA) is 90.7 Å². The van der Waals surface area contributed by atoms with Crippen molar-refractivity contribution in [2.45, 2.75) is 13.0 Å². The molecule has 0 saturated carbocycles. The van der Waals surface area contributed by atoms with Crippen LogP contribution in [0, 0.1) is 11.6 Å². The summed E-state index contributed by atoms with van der Waals surface area (Å²) < 4.78 is 26.3. The molecule has 6 nitrogen and oxygen atoms in total. The first-order valence-corrected chi connectivity index (χ1v) is 10.0. The maximum absolute atomic E-state index is 13.2. The molecular weight excluding hydrogens is 430 g/mol. The maximum Gasteiger partial charge on any atom is 0.265 e. The minimum Gasteiger partial charge on any atom is -0.506 e. The Kier molecular flexibility index (Phi) is 4.78. The highest BCUT2D eigenvalue weighted by molar-refractivity contribution is 6.26. The molecule has 4 aromatic rings. The van der Waals surface area contributed by atoms with E-state index in [-0.39, 0.29) is 34.4 Å². The first kappa shape index (κ1) is 20.6. The van der Waals surface area contributed by atoms with Gasteiger partial charge >= 0.3 is 0 Å². The van der Waals surface area contributed by atoms with Gasteiger partial charge < -0.3 is 10.2 Å². The zero-order valence-electron chi connectivity index (χ0n) is 17.0. The van der Waals surface area contributed by atoms with Gasteiger partial charge in [0.25, 0.3) is 11.8 Å². The third-order valence-corrected chi connectivity index (χ3v) is 5.64. The normalized spacial score (nSPS) is 13.1. The number of phenols is 2. The molecule has 0 bridgehead atoms. The summed E-state index contributed by atoms with van der Waals surface area (Å²) in [6, 6.07) is 12.8. The molecule has 0 aliphatic carbocycles. The summed E-state index contributed by atoms with van der Waals surface area (Å²) in [5, 5.41) is 21.8. The van der Waals surface area contributed by atoms with Gasteiger partial charge in [0, 0.05) is 11.6 Å². The van der Waals surface area contributed by atoms with E-state index in [0.29, 0.717) is 17.5 Å². The van der Waals surface area contributed by atoms with E-state index in [0.717, 1.165) is 10.5 Å². The lowest BCUT2D eigenvalue weighted by molar-refractivity contribution is 0.0641. The number of benzene rings is 3. The molecule has 0 unspecified atom stereocenters. The zero-order valence-corrected chi connectivity index (χ0v) is 17.0. The van der Waals surface area contributed by atoms with Crippen LogP contribution >= 0.6 is 0 Å². The number of hydrogen-bond donors (Lipinski definition) is 2. The van der Waals surface area contributed by atoms with Crippen molar-refractivity contribution in [1.29, 1.82) is 0 Å². The van der Waals surface area contributed by atoms with Crippen LogP contribution < -0.4 is 0 Å². The Balaban J connectivity index is 1.55. The molecule has 2 amide bonds. The number of pyridine rings is 1. The number of phenolic OH excluding ortho intramolecular Hbond substituents is 2. The Bertz CT molecular complexity index is 1430. The first-order valence-electron chi connectivity index (χ1n) is 10.0. The average molecular weight is 446 g/mol. The van der Waals surface area contributed by atoms with E-state index in [9.17, 15) is 28.6 Å². The molecular formula is C25H16F2N2O4. The smallest absolute Gasteiger partial charge is 0.265 e. The van der Waals surface area contributed by atoms with E-state index in [2.05, 4.69) is 4.98 Å². The van der Waals surface area contributed by atoms with Crippen molar-refractivity contribution in [2.75, 3.05) is 0 Å². The van der Waals surface area contributed by atoms with E-state index in [1.165, 1.54) is 42.6 Å². The van der Waals surface area contributed by atoms with Crippen LogP contribution in [0.25, 0.3) is 10.9 Å². The predicted octanol–water partition coefficient (Wildman–Crippen LogP) is 4.31. The monoisotopic (exact) mass is 446 g/mol. The van der Waals surface area contributed by atoms with Crippen LogP contribution in [0.15, 0.2) is 60.8 Å². The summed E-state index contributed by atoms with van der Waals surface area (Å²) in [6.45, 7) is -0.148. The summed E-state index contributed by atoms with van der Waals surface area (Å²) >= 11 is 0. The molecule has 8 heteroatoms. The van der Waals surface area contributed by atoms with E-state index in [1.807, 2.05) is 0 Å². The zero-order chi connectivity index (χ0) is 23.3. The number of fused-ring (bicyclic) bond motifs is 2. The SMILES string of the molecule is O=C1c2c(c(O)c3ncc(Cc4ccc(F)cc4)cc3c2O)C(=O)N1Cc1ccc(F)cc1. The van der Waals surface area contributed by atoms with Gasteiger partial charge in [0.2, 0.25) is 0 Å². The number of imide groups is 1. The summed E-state index contributed by atoms with van der Waals surface area (Å²) in [5.74, 6) is -3.30. The molecule has 0 radical (unpaired) electrons. The van der Waals surface area contributed by atoms with Gasteiger partial charge in [0.1, 0.15) is 28.5 Å². The van der Waals surface area contributed by atoms with Gasteiger partial charge in [-0.2, -0.15) is 0 Å². The van der Waals surface area contributed by atoms with Gasteiger partial charge in [0.05, 0.1) is 12.1 Å². The fraction of sp³-hybridized carbons (Fsp3) is 0.0800. The second kappa shape index (κ2) is 7.67. The molecule has 0 saturated heterocycles. The van der Waals surface area contributed by atoms with Crippen LogP contribution in [0.2, 0.25) is 0 Å². The number of aromatic hydroxyl groups is 2. The summed E-state index contributed by atoms with van der Waals surface area (Å²) in [4.78, 5) is 31.0. The van der Waals surface area contributed by atoms with E-state index < -0.39 is 29.1 Å². The Morgan fingerprint density at radius 2 is 1.30 bits per heavy atom. The number of nitrogens with zero attached hydrogens (tertiary/aromatic N) is 2. The number of carbonyl (C=O) groups is 2. The lowest BCUT2D eigenvalue weighted by Gasteiger charge is -2.13. The molecule has 1 aliphatic heterocycles. The van der Waals surface area contributed by atoms with Gasteiger partial charge in [-0.25, -0.2) is 8.78 Å². The van der Waals surface area contributed by atoms with Crippen molar-refractivity contribution >= 4 is 22.7 Å². The van der Waals surface area contributed by atoms with Crippen molar-refractivity contribution in [1.82, 2.24) is 9.88 Å². The highest BCUT2D eigenvalue weighted by Crippen LogP contribution is 2.43. The number of rotatable bonds is 4. The quantitative estimate of drug-likeness (QED) is 0.360. The van der Waals surface area contributed by atoms with Gasteiger partial charge in [-0.1, -0.05) is 24.3 Å². The standard InChI is InChI=1S/C25H16F2N2O4/c26-16-5-1-13(2-6-16)9-15-10-18-21(28-11-15)23(31)20-19(22(18)30)24(32)29(25(20)33)12-14-3-7-17(27)8-4-14/h1-8,10-11,30-31H,9,12H2. The molecule has 0 spiro atoms. The van der Waals surface area contributed by atoms with Crippen molar-refractivity contribution in [2.24, 2.45) is 0 Å². The highest BCUT2D eigenvalue weighted by atomic mass is 19.1. The fourth-order valence-corrected chi connectivity index (χ4v) is 4.00. The minimum atomic E-state index is -0.772. The van der Waals surface area contributed by atoms with Crippen LogP contribution in [-0.2, 0) is 13.0 Å². The fourth-order valence-electron chi connectivity index (χ4n) is 4.00. The van der Waals surface area contributed by atoms with Crippen LogP contribution in [-0.4, -0.2) is 31.9 Å². The molecule has 33 heavy (non-hydrogen) atoms. The second-order valence-corrected chi connectivity index (χ2v) is 7.81. The summed E-state index contributed by atoms with van der Waals surface area (Å²) in [5.41, 5.74) is 1.34. The predicted molar refractivity (Wildman–Crippen MR) is 115 cm³/mol. The molecule has 2 heterocycles. The van der Waals surface area contributed by atoms with Crippen LogP contribution in [0.5, 0.6) is 11.5 Å².